The van der Waals surface area contributed by atoms with Crippen molar-refractivity contribution in [2.45, 2.75) is 0 Å². The van der Waals surface area contributed by atoms with Gasteiger partial charge in [-0.05, 0) is 118 Å². The highest BCUT2D eigenvalue weighted by Crippen LogP contribution is 2.39. The highest BCUT2D eigenvalue weighted by Gasteiger charge is 2.19. The van der Waals surface area contributed by atoms with Crippen LogP contribution in [0.4, 0.5) is 0 Å². The SMILES string of the molecule is c1ccc(-c2ccc(-c3cc(-c4ccc5ccc6cccnc6c5n4)nc(-c4ccc5ccc6cccnc6c5n4)c3)cc2)nc1.c1ccc(-c2ccc(-c3cc(-c4ccnc5c4ccc4cccnc45)nc(-c4ccnc5c4ccc4cccnc45)c3)cc2)cc1. The first kappa shape index (κ1) is 53.5. The molecule has 0 aliphatic heterocycles. The molecule has 11 heteroatoms. The summed E-state index contributed by atoms with van der Waals surface area (Å²) in [5.74, 6) is 0. The van der Waals surface area contributed by atoms with E-state index in [1.165, 1.54) is 11.1 Å². The van der Waals surface area contributed by atoms with Crippen LogP contribution in [0.3, 0.4) is 0 Å². The van der Waals surface area contributed by atoms with Gasteiger partial charge in [0.15, 0.2) is 0 Å². The third kappa shape index (κ3) is 9.88. The first-order chi connectivity index (χ1) is 45.6. The molecule has 0 fully saturated rings. The average Bonchev–Trinajstić information content (AvgIpc) is 0.823. The van der Waals surface area contributed by atoms with Gasteiger partial charge in [0.05, 0.1) is 84.0 Å². The lowest BCUT2D eigenvalue weighted by Crippen LogP contribution is -1.96. The fraction of sp³-hybridized carbons (Fsp3) is 0. The molecule has 0 aliphatic carbocycles. The van der Waals surface area contributed by atoms with E-state index in [2.05, 4.69) is 207 Å². The Kier molecular flexibility index (Phi) is 13.2. The maximum absolute atomic E-state index is 5.33. The van der Waals surface area contributed by atoms with Crippen LogP contribution in [0.5, 0.6) is 0 Å². The highest BCUT2D eigenvalue weighted by atomic mass is 14.8. The van der Waals surface area contributed by atoms with Gasteiger partial charge in [0.2, 0.25) is 0 Å². The number of fused-ring (bicyclic) bond motifs is 12. The van der Waals surface area contributed by atoms with E-state index in [9.17, 15) is 0 Å². The molecule has 0 aliphatic rings. The molecule has 7 aromatic carbocycles. The quantitative estimate of drug-likeness (QED) is 0.134. The van der Waals surface area contributed by atoms with E-state index >= 15 is 0 Å². The Morgan fingerprint density at radius 2 is 0.511 bits per heavy atom. The normalized spacial score (nSPS) is 11.5. The van der Waals surface area contributed by atoms with Gasteiger partial charge in [0.1, 0.15) is 0 Å². The Hall–Kier alpha value is -12.7. The van der Waals surface area contributed by atoms with Gasteiger partial charge in [-0.15, -0.1) is 0 Å². The zero-order chi connectivity index (χ0) is 60.9. The Labute approximate surface area is 527 Å². The molecule has 0 saturated heterocycles. The van der Waals surface area contributed by atoms with Gasteiger partial charge in [-0.25, -0.2) is 19.9 Å². The van der Waals surface area contributed by atoms with Crippen molar-refractivity contribution in [1.29, 1.82) is 0 Å². The van der Waals surface area contributed by atoms with E-state index in [1.807, 2.05) is 116 Å². The second-order valence-electron chi connectivity index (χ2n) is 22.6. The molecule has 11 heterocycles. The number of hydrogen-bond donors (Lipinski definition) is 0. The summed E-state index contributed by atoms with van der Waals surface area (Å²) in [5, 5.41) is 8.32. The zero-order valence-corrected chi connectivity index (χ0v) is 49.2. The Morgan fingerprint density at radius 3 is 0.967 bits per heavy atom. The molecule has 92 heavy (non-hydrogen) atoms. The van der Waals surface area contributed by atoms with Crippen molar-refractivity contribution >= 4 is 87.2 Å². The van der Waals surface area contributed by atoms with Crippen LogP contribution in [0, 0.1) is 0 Å². The van der Waals surface area contributed by atoms with Crippen molar-refractivity contribution in [3.8, 4) is 89.9 Å². The minimum absolute atomic E-state index is 0.758. The van der Waals surface area contributed by atoms with E-state index in [4.69, 9.17) is 29.9 Å². The minimum atomic E-state index is 0.758. The van der Waals surface area contributed by atoms with Gasteiger partial charge in [-0.1, -0.05) is 170 Å². The monoisotopic (exact) mass is 1180 g/mol. The second kappa shape index (κ2) is 22.8. The molecule has 0 saturated carbocycles. The smallest absolute Gasteiger partial charge is 0.0972 e. The van der Waals surface area contributed by atoms with Gasteiger partial charge in [0, 0.05) is 103 Å². The fourth-order valence-electron chi connectivity index (χ4n) is 12.5. The molecular weight excluding hydrogens is 1130 g/mol. The van der Waals surface area contributed by atoms with Crippen LogP contribution in [0.25, 0.3) is 177 Å². The number of nitrogens with zero attached hydrogens (tertiary/aromatic N) is 11. The minimum Gasteiger partial charge on any atom is -0.256 e. The van der Waals surface area contributed by atoms with Gasteiger partial charge in [-0.2, -0.15) is 0 Å². The van der Waals surface area contributed by atoms with E-state index in [0.717, 1.165) is 166 Å². The molecule has 0 bridgehead atoms. The predicted octanol–water partition coefficient (Wildman–Crippen LogP) is 19.3. The van der Waals surface area contributed by atoms with Gasteiger partial charge in [-0.3, -0.25) is 34.9 Å². The van der Waals surface area contributed by atoms with Gasteiger partial charge in [0.25, 0.3) is 0 Å². The molecule has 0 unspecified atom stereocenters. The van der Waals surface area contributed by atoms with Crippen LogP contribution >= 0.6 is 0 Å². The van der Waals surface area contributed by atoms with E-state index in [-0.39, 0.29) is 0 Å². The summed E-state index contributed by atoms with van der Waals surface area (Å²) >= 11 is 0. The summed E-state index contributed by atoms with van der Waals surface area (Å²) in [4.78, 5) is 53.4. The molecule has 0 N–H and O–H groups in total. The molecular formula is C81H49N11. The van der Waals surface area contributed by atoms with E-state index < -0.39 is 0 Å². The van der Waals surface area contributed by atoms with Crippen LogP contribution < -0.4 is 0 Å². The van der Waals surface area contributed by atoms with Crippen LogP contribution in [-0.4, -0.2) is 54.8 Å². The highest BCUT2D eigenvalue weighted by molar-refractivity contribution is 6.10. The maximum Gasteiger partial charge on any atom is 0.0972 e. The molecule has 0 amide bonds. The summed E-state index contributed by atoms with van der Waals surface area (Å²) in [6.45, 7) is 0. The molecule has 11 aromatic heterocycles. The van der Waals surface area contributed by atoms with Crippen LogP contribution in [0.2, 0.25) is 0 Å². The standard InChI is InChI=1S/C41H25N5.C40H24N6/c1-2-6-26(7-3-1)27-10-12-28(13-11-27)31-24-36(32-18-22-44-40-34(32)16-14-29-8-4-20-42-38(29)40)46-37(25-31)33-19-23-45-41-35(33)17-15-30-9-5-21-43-39(30)41;1-2-20-41-32(7-1)26-10-8-25(9-11-26)31-23-35(33-18-16-29-14-12-27-5-3-21-42-37(27)39(29)45-33)44-36(24-31)34-19-17-30-15-13-28-6-4-22-43-38(28)40(30)46-34/h1-25H;1-24H. The fourth-order valence-corrected chi connectivity index (χ4v) is 12.5. The summed E-state index contributed by atoms with van der Waals surface area (Å²) in [7, 11) is 0. The van der Waals surface area contributed by atoms with Crippen LogP contribution in [-0.2, 0) is 0 Å². The number of pyridine rings is 11. The van der Waals surface area contributed by atoms with Crippen molar-refractivity contribution in [3.63, 3.8) is 0 Å². The molecule has 0 spiro atoms. The summed E-state index contributed by atoms with van der Waals surface area (Å²) in [6, 6.07) is 87.4. The van der Waals surface area contributed by atoms with Crippen molar-refractivity contribution in [2.75, 3.05) is 0 Å². The molecule has 428 valence electrons. The number of hydrogen-bond acceptors (Lipinski definition) is 11. The predicted molar refractivity (Wildman–Crippen MR) is 372 cm³/mol. The first-order valence-electron chi connectivity index (χ1n) is 30.3. The third-order valence-electron chi connectivity index (χ3n) is 17.1. The Balaban J connectivity index is 0.000000141. The second-order valence-corrected chi connectivity index (χ2v) is 22.6. The van der Waals surface area contributed by atoms with Crippen molar-refractivity contribution < 1.29 is 0 Å². The molecule has 0 radical (unpaired) electrons. The molecule has 0 atom stereocenters. The summed E-state index contributed by atoms with van der Waals surface area (Å²) < 4.78 is 0. The number of benzene rings is 7. The molecule has 18 aromatic rings. The Bertz CT molecular complexity index is 5610. The van der Waals surface area contributed by atoms with Crippen molar-refractivity contribution in [3.05, 3.63) is 298 Å². The van der Waals surface area contributed by atoms with Crippen molar-refractivity contribution in [2.24, 2.45) is 0 Å². The van der Waals surface area contributed by atoms with Crippen LogP contribution in [0.1, 0.15) is 0 Å². The van der Waals surface area contributed by atoms with Crippen molar-refractivity contribution in [1.82, 2.24) is 54.8 Å². The Morgan fingerprint density at radius 1 is 0.163 bits per heavy atom. The lowest BCUT2D eigenvalue weighted by atomic mass is 9.95. The zero-order valence-electron chi connectivity index (χ0n) is 49.2. The average molecular weight is 1180 g/mol. The van der Waals surface area contributed by atoms with Gasteiger partial charge < -0.3 is 0 Å². The number of rotatable bonds is 8. The summed E-state index contributed by atoms with van der Waals surface area (Å²) in [6.07, 6.45) is 12.8. The van der Waals surface area contributed by atoms with Crippen LogP contribution in [0.15, 0.2) is 298 Å². The molecule has 11 nitrogen and oxygen atoms in total. The maximum atomic E-state index is 5.33. The summed E-state index contributed by atoms with van der Waals surface area (Å²) in [5.41, 5.74) is 22.4. The first-order valence-corrected chi connectivity index (χ1v) is 30.3. The lowest BCUT2D eigenvalue weighted by Gasteiger charge is -2.14. The third-order valence-corrected chi connectivity index (χ3v) is 17.1. The topological polar surface area (TPSA) is 142 Å². The van der Waals surface area contributed by atoms with Gasteiger partial charge >= 0.3 is 0 Å². The molecule has 18 rings (SSSR count). The van der Waals surface area contributed by atoms with E-state index in [1.54, 1.807) is 0 Å². The number of aromatic nitrogens is 11. The van der Waals surface area contributed by atoms with E-state index in [0.29, 0.717) is 0 Å². The lowest BCUT2D eigenvalue weighted by molar-refractivity contribution is 1.25. The largest absolute Gasteiger partial charge is 0.256 e.